The second-order valence-electron chi connectivity index (χ2n) is 4.03. The zero-order chi connectivity index (χ0) is 12.6. The van der Waals surface area contributed by atoms with Crippen molar-refractivity contribution >= 4 is 39.0 Å². The second kappa shape index (κ2) is 4.76. The smallest absolute Gasteiger partial charge is 0.225 e. The molecule has 1 unspecified atom stereocenters. The molecule has 0 aromatic carbocycles. The number of halogens is 1. The van der Waals surface area contributed by atoms with Crippen LogP contribution in [0.2, 0.25) is 5.28 Å². The highest BCUT2D eigenvalue weighted by atomic mass is 35.5. The Hall–Kier alpha value is -0.910. The fourth-order valence-electron chi connectivity index (χ4n) is 1.60. The summed E-state index contributed by atoms with van der Waals surface area (Å²) in [6.45, 7) is 4.03. The minimum atomic E-state index is -0.00984. The number of aliphatic hydroxyl groups is 1. The van der Waals surface area contributed by atoms with Crippen molar-refractivity contribution in [2.24, 2.45) is 0 Å². The molecule has 2 aromatic rings. The van der Waals surface area contributed by atoms with Gasteiger partial charge in [0.05, 0.1) is 18.0 Å². The predicted octanol–water partition coefficient (Wildman–Crippen LogP) is 2.47. The molecular formula is C11H14ClN3OS. The molecule has 0 radical (unpaired) electrons. The van der Waals surface area contributed by atoms with Crippen molar-refractivity contribution in [1.29, 1.82) is 0 Å². The van der Waals surface area contributed by atoms with Gasteiger partial charge in [0.2, 0.25) is 5.28 Å². The number of aromatic nitrogens is 2. The molecule has 2 rings (SSSR count). The van der Waals surface area contributed by atoms with Crippen LogP contribution in [0, 0.1) is 6.92 Å². The molecule has 0 saturated carbocycles. The van der Waals surface area contributed by atoms with E-state index >= 15 is 0 Å². The van der Waals surface area contributed by atoms with Gasteiger partial charge in [0.1, 0.15) is 10.6 Å². The summed E-state index contributed by atoms with van der Waals surface area (Å²) in [6.07, 6.45) is 0. The van der Waals surface area contributed by atoms with Gasteiger partial charge in [0.15, 0.2) is 0 Å². The summed E-state index contributed by atoms with van der Waals surface area (Å²) in [7, 11) is 1.89. The third-order valence-corrected chi connectivity index (χ3v) is 3.84. The van der Waals surface area contributed by atoms with Gasteiger partial charge >= 0.3 is 0 Å². The van der Waals surface area contributed by atoms with Gasteiger partial charge in [-0.2, -0.15) is 4.98 Å². The number of nitrogens with zero attached hydrogens (tertiary/aromatic N) is 3. The lowest BCUT2D eigenvalue weighted by Gasteiger charge is -2.24. The number of aryl methyl sites for hydroxylation is 1. The maximum atomic E-state index is 9.20. The number of hydrogen-bond acceptors (Lipinski definition) is 5. The number of likely N-dealkylation sites (N-methyl/N-ethyl adjacent to an activating group) is 1. The van der Waals surface area contributed by atoms with E-state index in [0.717, 1.165) is 16.0 Å². The number of aliphatic hydroxyl groups excluding tert-OH is 1. The Kier molecular flexibility index (Phi) is 3.51. The van der Waals surface area contributed by atoms with E-state index in [1.807, 2.05) is 31.9 Å². The molecule has 6 heteroatoms. The SMILES string of the molecule is Cc1cc2c(N(C)C(C)CO)nc(Cl)nc2s1. The molecule has 0 aliphatic rings. The lowest BCUT2D eigenvalue weighted by molar-refractivity contribution is 0.270. The van der Waals surface area contributed by atoms with Gasteiger partial charge in [0.25, 0.3) is 0 Å². The van der Waals surface area contributed by atoms with Gasteiger partial charge < -0.3 is 10.0 Å². The van der Waals surface area contributed by atoms with Crippen LogP contribution in [0.1, 0.15) is 11.8 Å². The zero-order valence-corrected chi connectivity index (χ0v) is 11.5. The highest BCUT2D eigenvalue weighted by molar-refractivity contribution is 7.18. The molecule has 92 valence electrons. The Morgan fingerprint density at radius 3 is 2.88 bits per heavy atom. The maximum absolute atomic E-state index is 9.20. The minimum Gasteiger partial charge on any atom is -0.394 e. The summed E-state index contributed by atoms with van der Waals surface area (Å²) in [5.41, 5.74) is 0. The van der Waals surface area contributed by atoms with Crippen molar-refractivity contribution in [1.82, 2.24) is 9.97 Å². The number of rotatable bonds is 3. The summed E-state index contributed by atoms with van der Waals surface area (Å²) in [5.74, 6) is 0.769. The Balaban J connectivity index is 2.58. The summed E-state index contributed by atoms with van der Waals surface area (Å²) < 4.78 is 0. The standard InChI is InChI=1S/C11H14ClN3OS/c1-6(5-16)15(3)9-8-4-7(2)17-10(8)14-11(12)13-9/h4,6,16H,5H2,1-3H3. The minimum absolute atomic E-state index is 0.00984. The number of thiophene rings is 1. The van der Waals surface area contributed by atoms with Crippen LogP contribution in [0.3, 0.4) is 0 Å². The largest absolute Gasteiger partial charge is 0.394 e. The van der Waals surface area contributed by atoms with E-state index in [0.29, 0.717) is 0 Å². The Morgan fingerprint density at radius 2 is 2.24 bits per heavy atom. The molecule has 0 saturated heterocycles. The topological polar surface area (TPSA) is 49.2 Å². The van der Waals surface area contributed by atoms with Gasteiger partial charge in [-0.1, -0.05) is 0 Å². The average molecular weight is 272 g/mol. The van der Waals surface area contributed by atoms with Crippen molar-refractivity contribution in [3.05, 3.63) is 16.2 Å². The van der Waals surface area contributed by atoms with Crippen molar-refractivity contribution < 1.29 is 5.11 Å². The van der Waals surface area contributed by atoms with Gasteiger partial charge in [0, 0.05) is 11.9 Å². The van der Waals surface area contributed by atoms with E-state index in [2.05, 4.69) is 9.97 Å². The van der Waals surface area contributed by atoms with E-state index < -0.39 is 0 Å². The van der Waals surface area contributed by atoms with Gasteiger partial charge in [-0.15, -0.1) is 11.3 Å². The van der Waals surface area contributed by atoms with Crippen LogP contribution in [0.25, 0.3) is 10.2 Å². The Labute approximate surface area is 109 Å². The molecule has 4 nitrogen and oxygen atoms in total. The van der Waals surface area contributed by atoms with E-state index in [-0.39, 0.29) is 17.9 Å². The van der Waals surface area contributed by atoms with Crippen LogP contribution in [-0.4, -0.2) is 34.8 Å². The first kappa shape index (κ1) is 12.5. The number of hydrogen-bond donors (Lipinski definition) is 1. The van der Waals surface area contributed by atoms with Gasteiger partial charge in [-0.3, -0.25) is 0 Å². The summed E-state index contributed by atoms with van der Waals surface area (Å²) >= 11 is 7.51. The molecule has 0 fully saturated rings. The van der Waals surface area contributed by atoms with E-state index in [1.165, 1.54) is 4.88 Å². The average Bonchev–Trinajstić information content (AvgIpc) is 2.66. The van der Waals surface area contributed by atoms with Crippen molar-refractivity contribution in [2.45, 2.75) is 19.9 Å². The normalized spacial score (nSPS) is 13.0. The van der Waals surface area contributed by atoms with Gasteiger partial charge in [-0.05, 0) is 31.5 Å². The fraction of sp³-hybridized carbons (Fsp3) is 0.455. The number of fused-ring (bicyclic) bond motifs is 1. The van der Waals surface area contributed by atoms with E-state index in [1.54, 1.807) is 11.3 Å². The molecule has 0 bridgehead atoms. The highest BCUT2D eigenvalue weighted by Crippen LogP contribution is 2.31. The summed E-state index contributed by atoms with van der Waals surface area (Å²) in [5, 5.41) is 10.4. The third kappa shape index (κ3) is 2.36. The van der Waals surface area contributed by atoms with Crippen LogP contribution in [-0.2, 0) is 0 Å². The molecule has 0 spiro atoms. The highest BCUT2D eigenvalue weighted by Gasteiger charge is 2.16. The van der Waals surface area contributed by atoms with Crippen molar-refractivity contribution in [3.8, 4) is 0 Å². The number of anilines is 1. The zero-order valence-electron chi connectivity index (χ0n) is 9.94. The maximum Gasteiger partial charge on any atom is 0.225 e. The van der Waals surface area contributed by atoms with Crippen LogP contribution in [0.5, 0.6) is 0 Å². The molecule has 0 aliphatic carbocycles. The molecule has 17 heavy (non-hydrogen) atoms. The third-order valence-electron chi connectivity index (χ3n) is 2.73. The summed E-state index contributed by atoms with van der Waals surface area (Å²) in [6, 6.07) is 2.04. The molecule has 2 heterocycles. The van der Waals surface area contributed by atoms with Gasteiger partial charge in [-0.25, -0.2) is 4.98 Å². The first-order valence-electron chi connectivity index (χ1n) is 5.30. The molecule has 0 amide bonds. The Morgan fingerprint density at radius 1 is 1.53 bits per heavy atom. The lowest BCUT2D eigenvalue weighted by atomic mass is 10.2. The predicted molar refractivity (Wildman–Crippen MR) is 72.1 cm³/mol. The first-order chi connectivity index (χ1) is 8.02. The van der Waals surface area contributed by atoms with E-state index in [4.69, 9.17) is 11.6 Å². The Bertz CT molecular complexity index is 543. The quantitative estimate of drug-likeness (QED) is 0.872. The molecule has 1 N–H and O–H groups in total. The van der Waals surface area contributed by atoms with Crippen LogP contribution in [0.15, 0.2) is 6.07 Å². The second-order valence-corrected chi connectivity index (χ2v) is 5.61. The summed E-state index contributed by atoms with van der Waals surface area (Å²) in [4.78, 5) is 12.4. The van der Waals surface area contributed by atoms with Crippen LogP contribution in [0.4, 0.5) is 5.82 Å². The molecule has 2 aromatic heterocycles. The molecular weight excluding hydrogens is 258 g/mol. The molecule has 0 aliphatic heterocycles. The van der Waals surface area contributed by atoms with Crippen molar-refractivity contribution in [3.63, 3.8) is 0 Å². The molecule has 1 atom stereocenters. The fourth-order valence-corrected chi connectivity index (χ4v) is 2.69. The van der Waals surface area contributed by atoms with Crippen molar-refractivity contribution in [2.75, 3.05) is 18.6 Å². The lowest BCUT2D eigenvalue weighted by Crippen LogP contribution is -2.32. The van der Waals surface area contributed by atoms with Crippen LogP contribution < -0.4 is 4.90 Å². The first-order valence-corrected chi connectivity index (χ1v) is 6.49. The monoisotopic (exact) mass is 271 g/mol. The van der Waals surface area contributed by atoms with Crippen LogP contribution >= 0.6 is 22.9 Å². The van der Waals surface area contributed by atoms with E-state index in [9.17, 15) is 5.11 Å².